The first-order valence-corrected chi connectivity index (χ1v) is 11.7. The van der Waals surface area contributed by atoms with Crippen molar-refractivity contribution < 1.29 is 44.0 Å². The minimum atomic E-state index is -2.00. The quantitative estimate of drug-likeness (QED) is 0.526. The lowest BCUT2D eigenvalue weighted by atomic mass is 9.38. The molecule has 33 heavy (non-hydrogen) atoms. The molecule has 1 spiro atoms. The Bertz CT molecular complexity index is 916. The SMILES string of the molecule is CC(=O)OC[C@]1(O)C(=O)[C@@]23CC[C@@H]4[C@](C)(C(=O)O)CCC[C@@]4(C)[C@]2(O)[C@@H](OC(C)=O)C[C@@H]1C3. The van der Waals surface area contributed by atoms with Gasteiger partial charge in [-0.1, -0.05) is 13.3 Å². The number of fused-ring (bicyclic) bond motifs is 3. The largest absolute Gasteiger partial charge is 0.481 e. The highest BCUT2D eigenvalue weighted by atomic mass is 16.6. The van der Waals surface area contributed by atoms with Gasteiger partial charge in [-0.25, -0.2) is 0 Å². The number of hydrogen-bond acceptors (Lipinski definition) is 8. The van der Waals surface area contributed by atoms with Gasteiger partial charge in [0.2, 0.25) is 0 Å². The van der Waals surface area contributed by atoms with Gasteiger partial charge >= 0.3 is 17.9 Å². The van der Waals surface area contributed by atoms with Gasteiger partial charge in [0, 0.05) is 25.2 Å². The van der Waals surface area contributed by atoms with Crippen LogP contribution in [0.2, 0.25) is 0 Å². The third-order valence-electron chi connectivity index (χ3n) is 9.75. The van der Waals surface area contributed by atoms with Crippen LogP contribution in [0.5, 0.6) is 0 Å². The molecule has 0 heterocycles. The zero-order valence-corrected chi connectivity index (χ0v) is 19.7. The first-order valence-electron chi connectivity index (χ1n) is 11.7. The highest BCUT2D eigenvalue weighted by molar-refractivity contribution is 5.97. The number of ether oxygens (including phenoxy) is 2. The molecule has 3 N–H and O–H groups in total. The summed E-state index contributed by atoms with van der Waals surface area (Å²) in [5, 5.41) is 34.2. The molecule has 9 heteroatoms. The fraction of sp³-hybridized carbons (Fsp3) is 0.833. The summed E-state index contributed by atoms with van der Waals surface area (Å²) in [6, 6.07) is 0. The molecule has 4 saturated carbocycles. The molecule has 0 amide bonds. The molecule has 0 unspecified atom stereocenters. The molecule has 0 aromatic heterocycles. The van der Waals surface area contributed by atoms with Crippen LogP contribution in [-0.2, 0) is 28.7 Å². The number of carbonyl (C=O) groups excluding carboxylic acids is 3. The van der Waals surface area contributed by atoms with Crippen LogP contribution in [0.25, 0.3) is 0 Å². The van der Waals surface area contributed by atoms with E-state index >= 15 is 0 Å². The molecule has 2 bridgehead atoms. The van der Waals surface area contributed by atoms with Crippen LogP contribution >= 0.6 is 0 Å². The second-order valence-corrected chi connectivity index (χ2v) is 11.2. The van der Waals surface area contributed by atoms with Crippen molar-refractivity contribution in [3.05, 3.63) is 0 Å². The summed E-state index contributed by atoms with van der Waals surface area (Å²) in [7, 11) is 0. The molecule has 4 fully saturated rings. The number of aliphatic hydroxyl groups is 2. The zero-order valence-electron chi connectivity index (χ0n) is 19.7. The maximum atomic E-state index is 14.0. The van der Waals surface area contributed by atoms with Crippen LogP contribution in [0.3, 0.4) is 0 Å². The van der Waals surface area contributed by atoms with E-state index in [0.717, 1.165) is 0 Å². The van der Waals surface area contributed by atoms with E-state index in [9.17, 15) is 34.5 Å². The van der Waals surface area contributed by atoms with Gasteiger partial charge in [-0.3, -0.25) is 19.2 Å². The number of aliphatic carboxylic acids is 1. The van der Waals surface area contributed by atoms with Gasteiger partial charge in [0.25, 0.3) is 0 Å². The van der Waals surface area contributed by atoms with Crippen molar-refractivity contribution in [3.63, 3.8) is 0 Å². The summed E-state index contributed by atoms with van der Waals surface area (Å²) in [6.07, 6.45) is 1.12. The number of hydrogen-bond donors (Lipinski definition) is 3. The van der Waals surface area contributed by atoms with E-state index in [0.29, 0.717) is 25.7 Å². The summed E-state index contributed by atoms with van der Waals surface area (Å²) < 4.78 is 10.7. The molecule has 0 radical (unpaired) electrons. The smallest absolute Gasteiger partial charge is 0.309 e. The van der Waals surface area contributed by atoms with Gasteiger partial charge in [-0.2, -0.15) is 0 Å². The van der Waals surface area contributed by atoms with E-state index < -0.39 is 75.7 Å². The molecule has 8 atom stereocenters. The molecule has 0 aromatic rings. The number of esters is 2. The van der Waals surface area contributed by atoms with Gasteiger partial charge in [-0.15, -0.1) is 0 Å². The van der Waals surface area contributed by atoms with Crippen LogP contribution < -0.4 is 0 Å². The maximum Gasteiger partial charge on any atom is 0.309 e. The molecule has 0 aliphatic heterocycles. The minimum absolute atomic E-state index is 0.0213. The van der Waals surface area contributed by atoms with Crippen molar-refractivity contribution in [1.29, 1.82) is 0 Å². The van der Waals surface area contributed by atoms with Gasteiger partial charge in [0.15, 0.2) is 11.4 Å². The normalized spacial score (nSPS) is 48.4. The van der Waals surface area contributed by atoms with Crippen molar-refractivity contribution in [1.82, 2.24) is 0 Å². The Morgan fingerprint density at radius 1 is 1.06 bits per heavy atom. The summed E-state index contributed by atoms with van der Waals surface area (Å²) in [5.74, 6) is -3.91. The average molecular weight is 467 g/mol. The van der Waals surface area contributed by atoms with E-state index in [1.165, 1.54) is 13.8 Å². The topological polar surface area (TPSA) is 147 Å². The van der Waals surface area contributed by atoms with Crippen LogP contribution in [0, 0.1) is 28.1 Å². The van der Waals surface area contributed by atoms with Crippen molar-refractivity contribution >= 4 is 23.7 Å². The number of carboxylic acid groups (broad SMARTS) is 1. The number of Topliss-reactive ketones (excluding diaryl/α,β-unsaturated/α-hetero) is 1. The van der Waals surface area contributed by atoms with Crippen LogP contribution in [0.15, 0.2) is 0 Å². The summed E-state index contributed by atoms with van der Waals surface area (Å²) in [5.41, 5.74) is -7.42. The Kier molecular flexibility index (Phi) is 5.30. The van der Waals surface area contributed by atoms with Crippen molar-refractivity contribution in [3.8, 4) is 0 Å². The first kappa shape index (κ1) is 24.1. The minimum Gasteiger partial charge on any atom is -0.481 e. The van der Waals surface area contributed by atoms with Crippen molar-refractivity contribution in [2.24, 2.45) is 28.1 Å². The highest BCUT2D eigenvalue weighted by Gasteiger charge is 2.82. The summed E-state index contributed by atoms with van der Waals surface area (Å²) >= 11 is 0. The Balaban J connectivity index is 1.88. The summed E-state index contributed by atoms with van der Waals surface area (Å²) in [4.78, 5) is 49.8. The predicted octanol–water partition coefficient (Wildman–Crippen LogP) is 1.61. The maximum absolute atomic E-state index is 14.0. The van der Waals surface area contributed by atoms with E-state index in [2.05, 4.69) is 0 Å². The second kappa shape index (κ2) is 7.25. The third kappa shape index (κ3) is 2.84. The van der Waals surface area contributed by atoms with Crippen LogP contribution in [-0.4, -0.2) is 62.9 Å². The predicted molar refractivity (Wildman–Crippen MR) is 113 cm³/mol. The molecule has 4 aliphatic carbocycles. The van der Waals surface area contributed by atoms with Gasteiger partial charge in [-0.05, 0) is 51.4 Å². The molecular formula is C24H34O9. The first-order chi connectivity index (χ1) is 15.2. The monoisotopic (exact) mass is 466 g/mol. The molecule has 9 nitrogen and oxygen atoms in total. The molecular weight excluding hydrogens is 432 g/mol. The van der Waals surface area contributed by atoms with Gasteiger partial charge in [0.1, 0.15) is 18.3 Å². The fourth-order valence-electron chi connectivity index (χ4n) is 8.29. The molecule has 4 aliphatic rings. The van der Waals surface area contributed by atoms with E-state index in [1.54, 1.807) is 6.92 Å². The Hall–Kier alpha value is -2.00. The highest BCUT2D eigenvalue weighted by Crippen LogP contribution is 2.73. The van der Waals surface area contributed by atoms with Crippen molar-refractivity contribution in [2.75, 3.05) is 6.61 Å². The van der Waals surface area contributed by atoms with E-state index in [1.807, 2.05) is 6.92 Å². The molecule has 0 saturated heterocycles. The molecule has 0 aromatic carbocycles. The van der Waals surface area contributed by atoms with Gasteiger partial charge in [0.05, 0.1) is 10.8 Å². The number of carboxylic acids is 1. The lowest BCUT2D eigenvalue weighted by molar-refractivity contribution is -0.293. The molecule has 184 valence electrons. The molecule has 4 rings (SSSR count). The Morgan fingerprint density at radius 3 is 2.30 bits per heavy atom. The summed E-state index contributed by atoms with van der Waals surface area (Å²) in [6.45, 7) is 5.39. The number of rotatable bonds is 4. The van der Waals surface area contributed by atoms with Gasteiger partial charge < -0.3 is 24.8 Å². The van der Waals surface area contributed by atoms with Crippen LogP contribution in [0.1, 0.15) is 72.6 Å². The lowest BCUT2D eigenvalue weighted by Crippen LogP contribution is -2.75. The zero-order chi connectivity index (χ0) is 24.6. The number of ketones is 1. The third-order valence-corrected chi connectivity index (χ3v) is 9.75. The second-order valence-electron chi connectivity index (χ2n) is 11.2. The standard InChI is InChI=1S/C24H34O9/c1-13(25)32-12-23(30)15-10-17(33-14(2)26)24(31)21(4)8-5-7-20(3,19(28)29)16(21)6-9-22(24,11-15)18(23)27/h15-17,30-31H,5-12H2,1-4H3,(H,28,29)/t15-,16-,17+,20-,21-,22+,23-,24-/m1/s1. The van der Waals surface area contributed by atoms with E-state index in [-0.39, 0.29) is 19.3 Å². The fourth-order valence-corrected chi connectivity index (χ4v) is 8.29. The van der Waals surface area contributed by atoms with Crippen LogP contribution in [0.4, 0.5) is 0 Å². The average Bonchev–Trinajstić information content (AvgIpc) is 2.89. The van der Waals surface area contributed by atoms with Crippen molar-refractivity contribution in [2.45, 2.75) is 89.9 Å². The number of carbonyl (C=O) groups is 4. The Morgan fingerprint density at radius 2 is 1.73 bits per heavy atom. The Labute approximate surface area is 192 Å². The lowest BCUT2D eigenvalue weighted by Gasteiger charge is -2.67. The van der Waals surface area contributed by atoms with E-state index in [4.69, 9.17) is 9.47 Å².